The minimum absolute atomic E-state index is 0.0962. The van der Waals surface area contributed by atoms with Crippen molar-refractivity contribution >= 4 is 5.65 Å². The third-order valence-corrected chi connectivity index (χ3v) is 5.11. The minimum Gasteiger partial charge on any atom is -0.313 e. The molecule has 1 fully saturated rings. The van der Waals surface area contributed by atoms with E-state index in [1.807, 2.05) is 0 Å². The summed E-state index contributed by atoms with van der Waals surface area (Å²) >= 11 is 0. The predicted octanol–water partition coefficient (Wildman–Crippen LogP) is 2.46. The van der Waals surface area contributed by atoms with Gasteiger partial charge >= 0.3 is 5.69 Å². The molecule has 1 saturated carbocycles. The predicted molar refractivity (Wildman–Crippen MR) is 96.1 cm³/mol. The highest BCUT2D eigenvalue weighted by atomic mass is 19.2. The van der Waals surface area contributed by atoms with E-state index in [-0.39, 0.29) is 23.0 Å². The molecule has 10 heteroatoms. The van der Waals surface area contributed by atoms with Gasteiger partial charge < -0.3 is 4.98 Å². The highest BCUT2D eigenvalue weighted by Crippen LogP contribution is 2.56. The fraction of sp³-hybridized carbons (Fsp3) is 0.158. The molecule has 0 amide bonds. The molecular formula is C19H12F3N5O2. The lowest BCUT2D eigenvalue weighted by atomic mass is 10.0. The molecule has 1 aromatic carbocycles. The van der Waals surface area contributed by atoms with Crippen molar-refractivity contribution < 1.29 is 13.2 Å². The quantitative estimate of drug-likeness (QED) is 0.518. The fourth-order valence-electron chi connectivity index (χ4n) is 3.65. The molecular weight excluding hydrogens is 387 g/mol. The van der Waals surface area contributed by atoms with E-state index in [1.54, 1.807) is 12.3 Å². The Labute approximate surface area is 159 Å². The van der Waals surface area contributed by atoms with Crippen molar-refractivity contribution in [1.82, 2.24) is 24.6 Å². The van der Waals surface area contributed by atoms with Crippen LogP contribution < -0.4 is 11.2 Å². The summed E-state index contributed by atoms with van der Waals surface area (Å²) in [5.41, 5.74) is 0.505. The van der Waals surface area contributed by atoms with Crippen LogP contribution in [0.15, 0.2) is 46.4 Å². The Morgan fingerprint density at radius 1 is 1.00 bits per heavy atom. The van der Waals surface area contributed by atoms with Crippen molar-refractivity contribution in [3.05, 3.63) is 86.2 Å². The van der Waals surface area contributed by atoms with E-state index >= 15 is 0 Å². The van der Waals surface area contributed by atoms with Crippen molar-refractivity contribution in [2.24, 2.45) is 0 Å². The molecule has 0 aliphatic heterocycles. The summed E-state index contributed by atoms with van der Waals surface area (Å²) in [6, 6.07) is 3.07. The molecule has 3 heterocycles. The highest BCUT2D eigenvalue weighted by Gasteiger charge is 2.43. The van der Waals surface area contributed by atoms with Gasteiger partial charge in [-0.3, -0.25) is 9.78 Å². The number of rotatable bonds is 3. The van der Waals surface area contributed by atoms with Gasteiger partial charge in [0.2, 0.25) is 0 Å². The Morgan fingerprint density at radius 2 is 1.76 bits per heavy atom. The number of benzene rings is 1. The summed E-state index contributed by atoms with van der Waals surface area (Å²) in [4.78, 5) is 32.2. The standard InChI is InChI=1S/C19H12F3N5O2/c20-13-6-15(22)14(21)4-10(13)8-3-9(8)11-5-16(26-27-2-1-23-17(11)27)12-7-24-19(29)25-18(12)28/h1-2,4-9H,3H2,(H2,24,25,28,29)/t8-,9-/m0/s1. The number of fused-ring (bicyclic) bond motifs is 1. The molecule has 3 aromatic heterocycles. The topological polar surface area (TPSA) is 95.9 Å². The van der Waals surface area contributed by atoms with Crippen LogP contribution in [-0.2, 0) is 0 Å². The molecule has 29 heavy (non-hydrogen) atoms. The van der Waals surface area contributed by atoms with Gasteiger partial charge in [-0.1, -0.05) is 0 Å². The van der Waals surface area contributed by atoms with Crippen molar-refractivity contribution in [3.63, 3.8) is 0 Å². The molecule has 7 nitrogen and oxygen atoms in total. The van der Waals surface area contributed by atoms with Crippen LogP contribution in [-0.4, -0.2) is 24.6 Å². The van der Waals surface area contributed by atoms with E-state index in [9.17, 15) is 22.8 Å². The number of imidazole rings is 1. The maximum Gasteiger partial charge on any atom is 0.325 e. The number of aromatic nitrogens is 5. The first-order valence-electron chi connectivity index (χ1n) is 8.73. The maximum atomic E-state index is 14.2. The third-order valence-electron chi connectivity index (χ3n) is 5.11. The Hall–Kier alpha value is -3.69. The van der Waals surface area contributed by atoms with Gasteiger partial charge in [-0.05, 0) is 36.0 Å². The van der Waals surface area contributed by atoms with Crippen LogP contribution in [0.1, 0.15) is 29.4 Å². The van der Waals surface area contributed by atoms with Gasteiger partial charge in [-0.2, -0.15) is 5.10 Å². The number of aromatic amines is 2. The van der Waals surface area contributed by atoms with Crippen LogP contribution in [0.4, 0.5) is 13.2 Å². The molecule has 1 aliphatic rings. The summed E-state index contributed by atoms with van der Waals surface area (Å²) in [7, 11) is 0. The first kappa shape index (κ1) is 17.4. The van der Waals surface area contributed by atoms with Gasteiger partial charge in [0.15, 0.2) is 17.3 Å². The zero-order chi connectivity index (χ0) is 20.3. The van der Waals surface area contributed by atoms with E-state index in [0.29, 0.717) is 29.4 Å². The Kier molecular flexibility index (Phi) is 3.70. The summed E-state index contributed by atoms with van der Waals surface area (Å²) in [6.45, 7) is 0. The SMILES string of the molecule is O=c1[nH]cc(-c2cc([C@H]3C[C@@H]3c3cc(F)c(F)cc3F)c3nccn3n2)c(=O)[nH]1. The second-order valence-electron chi connectivity index (χ2n) is 6.90. The van der Waals surface area contributed by atoms with Gasteiger partial charge in [-0.25, -0.2) is 27.5 Å². The van der Waals surface area contributed by atoms with Gasteiger partial charge in [0.1, 0.15) is 5.82 Å². The molecule has 2 atom stereocenters. The molecule has 1 aliphatic carbocycles. The Morgan fingerprint density at radius 3 is 2.55 bits per heavy atom. The smallest absolute Gasteiger partial charge is 0.313 e. The van der Waals surface area contributed by atoms with E-state index in [0.717, 1.165) is 6.07 Å². The zero-order valence-electron chi connectivity index (χ0n) is 14.6. The highest BCUT2D eigenvalue weighted by molar-refractivity contribution is 5.63. The molecule has 0 radical (unpaired) electrons. The first-order valence-corrected chi connectivity index (χ1v) is 8.73. The van der Waals surface area contributed by atoms with Crippen LogP contribution in [0.25, 0.3) is 16.9 Å². The lowest BCUT2D eigenvalue weighted by molar-refractivity contribution is 0.490. The van der Waals surface area contributed by atoms with Crippen LogP contribution in [0.3, 0.4) is 0 Å². The van der Waals surface area contributed by atoms with Crippen molar-refractivity contribution in [3.8, 4) is 11.3 Å². The number of H-pyrrole nitrogens is 2. The number of hydrogen-bond donors (Lipinski definition) is 2. The average Bonchev–Trinajstić information content (AvgIpc) is 3.31. The molecule has 2 N–H and O–H groups in total. The number of hydrogen-bond acceptors (Lipinski definition) is 4. The lowest BCUT2D eigenvalue weighted by Gasteiger charge is -2.08. The molecule has 5 rings (SSSR count). The summed E-state index contributed by atoms with van der Waals surface area (Å²) in [5, 5.41) is 4.34. The van der Waals surface area contributed by atoms with Crippen LogP contribution in [0, 0.1) is 17.5 Å². The van der Waals surface area contributed by atoms with E-state index < -0.39 is 28.7 Å². The number of nitrogens with one attached hydrogen (secondary N) is 2. The zero-order valence-corrected chi connectivity index (χ0v) is 14.6. The van der Waals surface area contributed by atoms with E-state index in [4.69, 9.17) is 0 Å². The van der Waals surface area contributed by atoms with Gasteiger partial charge in [0, 0.05) is 30.2 Å². The number of nitrogens with zero attached hydrogens (tertiary/aromatic N) is 3. The van der Waals surface area contributed by atoms with Gasteiger partial charge in [-0.15, -0.1) is 0 Å². The van der Waals surface area contributed by atoms with Crippen LogP contribution in [0.5, 0.6) is 0 Å². The number of halogens is 3. The van der Waals surface area contributed by atoms with E-state index in [1.165, 1.54) is 16.9 Å². The molecule has 146 valence electrons. The molecule has 0 spiro atoms. The molecule has 0 bridgehead atoms. The Bertz CT molecular complexity index is 1390. The van der Waals surface area contributed by atoms with Crippen molar-refractivity contribution in [2.75, 3.05) is 0 Å². The van der Waals surface area contributed by atoms with Crippen LogP contribution in [0.2, 0.25) is 0 Å². The monoisotopic (exact) mass is 399 g/mol. The van der Waals surface area contributed by atoms with Crippen molar-refractivity contribution in [2.45, 2.75) is 18.3 Å². The maximum absolute atomic E-state index is 14.2. The lowest BCUT2D eigenvalue weighted by Crippen LogP contribution is -2.23. The van der Waals surface area contributed by atoms with Crippen LogP contribution >= 0.6 is 0 Å². The fourth-order valence-corrected chi connectivity index (χ4v) is 3.65. The normalized spacial score (nSPS) is 18.3. The third kappa shape index (κ3) is 2.84. The van der Waals surface area contributed by atoms with Crippen molar-refractivity contribution in [1.29, 1.82) is 0 Å². The summed E-state index contributed by atoms with van der Waals surface area (Å²) in [5.74, 6) is -3.70. The van der Waals surface area contributed by atoms with E-state index in [2.05, 4.69) is 20.1 Å². The molecule has 4 aromatic rings. The molecule has 0 unspecified atom stereocenters. The van der Waals surface area contributed by atoms with Gasteiger partial charge in [0.05, 0.1) is 11.3 Å². The second kappa shape index (κ2) is 6.16. The summed E-state index contributed by atoms with van der Waals surface area (Å²) in [6.07, 6.45) is 4.89. The second-order valence-corrected chi connectivity index (χ2v) is 6.90. The first-order chi connectivity index (χ1) is 13.9. The van der Waals surface area contributed by atoms with Gasteiger partial charge in [0.25, 0.3) is 5.56 Å². The largest absolute Gasteiger partial charge is 0.325 e. The molecule has 0 saturated heterocycles. The Balaban J connectivity index is 1.61. The minimum atomic E-state index is -1.23. The average molecular weight is 399 g/mol. The summed E-state index contributed by atoms with van der Waals surface area (Å²) < 4.78 is 42.5.